The van der Waals surface area contributed by atoms with Crippen LogP contribution < -0.4 is 4.74 Å². The highest BCUT2D eigenvalue weighted by molar-refractivity contribution is 6.32. The van der Waals surface area contributed by atoms with Gasteiger partial charge in [0.05, 0.1) is 28.7 Å². The predicted molar refractivity (Wildman–Crippen MR) is 121 cm³/mol. The van der Waals surface area contributed by atoms with E-state index in [1.54, 1.807) is 24.3 Å². The number of aromatic amines is 1. The van der Waals surface area contributed by atoms with E-state index < -0.39 is 5.97 Å². The highest BCUT2D eigenvalue weighted by Crippen LogP contribution is 2.27. The summed E-state index contributed by atoms with van der Waals surface area (Å²) in [6.45, 7) is 3.86. The molecule has 3 aromatic carbocycles. The van der Waals surface area contributed by atoms with E-state index in [1.807, 2.05) is 44.2 Å². The van der Waals surface area contributed by atoms with Crippen molar-refractivity contribution >= 4 is 28.6 Å². The topological polar surface area (TPSA) is 64.2 Å². The summed E-state index contributed by atoms with van der Waals surface area (Å²) >= 11 is 6.41. The fraction of sp³-hybridized carbons (Fsp3) is 0.120. The van der Waals surface area contributed by atoms with Gasteiger partial charge in [0.15, 0.2) is 0 Å². The van der Waals surface area contributed by atoms with E-state index >= 15 is 0 Å². The molecule has 0 amide bonds. The summed E-state index contributed by atoms with van der Waals surface area (Å²) in [5.41, 5.74) is 5.39. The Morgan fingerprint density at radius 1 is 1.06 bits per heavy atom. The van der Waals surface area contributed by atoms with Gasteiger partial charge in [-0.1, -0.05) is 41.6 Å². The minimum absolute atomic E-state index is 0.287. The van der Waals surface area contributed by atoms with Crippen molar-refractivity contribution in [2.45, 2.75) is 13.8 Å². The van der Waals surface area contributed by atoms with Crippen LogP contribution in [0.4, 0.5) is 0 Å². The first-order chi connectivity index (χ1) is 14.9. The van der Waals surface area contributed by atoms with Crippen LogP contribution in [0.3, 0.4) is 0 Å². The zero-order valence-electron chi connectivity index (χ0n) is 17.2. The number of esters is 1. The third kappa shape index (κ3) is 4.55. The van der Waals surface area contributed by atoms with Gasteiger partial charge in [-0.25, -0.2) is 4.79 Å². The Bertz CT molecular complexity index is 1360. The summed E-state index contributed by atoms with van der Waals surface area (Å²) in [4.78, 5) is 19.5. The molecule has 0 bridgehead atoms. The quantitative estimate of drug-likeness (QED) is 0.329. The number of imidazole rings is 1. The second kappa shape index (κ2) is 8.55. The summed E-state index contributed by atoms with van der Waals surface area (Å²) in [6, 6.07) is 17.0. The number of carbonyl (C=O) groups is 1. The molecule has 0 radical (unpaired) electrons. The number of rotatable bonds is 3. The average molecular weight is 431 g/mol. The molecule has 1 heterocycles. The first kappa shape index (κ1) is 20.5. The maximum Gasteiger partial charge on any atom is 0.338 e. The molecule has 0 saturated carbocycles. The van der Waals surface area contributed by atoms with Gasteiger partial charge in [-0.3, -0.25) is 0 Å². The Balaban J connectivity index is 1.63. The van der Waals surface area contributed by atoms with Crippen LogP contribution in [0.25, 0.3) is 11.0 Å². The summed E-state index contributed by atoms with van der Waals surface area (Å²) < 4.78 is 10.6. The van der Waals surface area contributed by atoms with E-state index in [2.05, 4.69) is 21.8 Å². The van der Waals surface area contributed by atoms with Gasteiger partial charge in [-0.15, -0.1) is 0 Å². The number of nitrogens with zero attached hydrogens (tertiary/aromatic N) is 1. The van der Waals surface area contributed by atoms with Crippen molar-refractivity contribution in [2.24, 2.45) is 0 Å². The van der Waals surface area contributed by atoms with Gasteiger partial charge in [0.2, 0.25) is 0 Å². The maximum atomic E-state index is 11.9. The van der Waals surface area contributed by atoms with Gasteiger partial charge in [0, 0.05) is 11.1 Å². The monoisotopic (exact) mass is 430 g/mol. The zero-order valence-corrected chi connectivity index (χ0v) is 18.0. The second-order valence-electron chi connectivity index (χ2n) is 7.08. The van der Waals surface area contributed by atoms with Gasteiger partial charge in [-0.05, 0) is 61.4 Å². The lowest BCUT2D eigenvalue weighted by Crippen LogP contribution is -2.04. The lowest BCUT2D eigenvalue weighted by Gasteiger charge is -2.07. The van der Waals surface area contributed by atoms with Crippen molar-refractivity contribution in [1.29, 1.82) is 0 Å². The molecule has 4 rings (SSSR count). The number of methoxy groups -OCH3 is 1. The highest BCUT2D eigenvalue weighted by Gasteiger charge is 2.13. The number of aryl methyl sites for hydroxylation is 2. The lowest BCUT2D eigenvalue weighted by atomic mass is 10.1. The standard InChI is InChI=1S/C25H19ClN2O3/c1-15-5-4-6-17(11-15)8-9-18-12-22-23(14-21(18)26)28-25(27-22)31-19-10-7-16(2)20(13-19)24(29)30-3/h4-7,10-14H,1-3H3,(H,27,28). The molecule has 0 unspecified atom stereocenters. The summed E-state index contributed by atoms with van der Waals surface area (Å²) in [5, 5.41) is 0.508. The molecule has 31 heavy (non-hydrogen) atoms. The van der Waals surface area contributed by atoms with Crippen LogP contribution in [0.5, 0.6) is 11.8 Å². The van der Waals surface area contributed by atoms with Crippen LogP contribution >= 0.6 is 11.6 Å². The average Bonchev–Trinajstić information content (AvgIpc) is 3.13. The van der Waals surface area contributed by atoms with Gasteiger partial charge in [-0.2, -0.15) is 4.98 Å². The number of fused-ring (bicyclic) bond motifs is 1. The van der Waals surface area contributed by atoms with Crippen molar-refractivity contribution in [3.05, 3.63) is 87.4 Å². The first-order valence-electron chi connectivity index (χ1n) is 9.58. The molecule has 0 fully saturated rings. The Labute approximate surface area is 185 Å². The van der Waals surface area contributed by atoms with Crippen LogP contribution in [0.15, 0.2) is 54.6 Å². The SMILES string of the molecule is COC(=O)c1cc(Oc2nc3cc(Cl)c(C#Cc4cccc(C)c4)cc3[nH]2)ccc1C. The predicted octanol–water partition coefficient (Wildman–Crippen LogP) is 5.81. The molecule has 0 aliphatic heterocycles. The molecule has 4 aromatic rings. The number of halogens is 1. The third-order valence-electron chi connectivity index (χ3n) is 4.74. The van der Waals surface area contributed by atoms with E-state index in [4.69, 9.17) is 21.1 Å². The zero-order chi connectivity index (χ0) is 22.0. The molecular weight excluding hydrogens is 412 g/mol. The number of ether oxygens (including phenoxy) is 2. The maximum absolute atomic E-state index is 11.9. The minimum Gasteiger partial charge on any atom is -0.465 e. The van der Waals surface area contributed by atoms with Crippen LogP contribution in [-0.2, 0) is 4.74 Å². The second-order valence-corrected chi connectivity index (χ2v) is 7.49. The molecule has 0 aliphatic rings. The molecule has 0 atom stereocenters. The molecule has 6 heteroatoms. The molecule has 1 aromatic heterocycles. The number of hydrogen-bond donors (Lipinski definition) is 1. The first-order valence-corrected chi connectivity index (χ1v) is 9.95. The number of aromatic nitrogens is 2. The van der Waals surface area contributed by atoms with Crippen molar-refractivity contribution < 1.29 is 14.3 Å². The van der Waals surface area contributed by atoms with Crippen molar-refractivity contribution in [3.8, 4) is 23.6 Å². The van der Waals surface area contributed by atoms with E-state index in [9.17, 15) is 4.79 Å². The summed E-state index contributed by atoms with van der Waals surface area (Å²) in [5.74, 6) is 6.30. The number of benzene rings is 3. The fourth-order valence-corrected chi connectivity index (χ4v) is 3.33. The Kier molecular flexibility index (Phi) is 5.66. The van der Waals surface area contributed by atoms with Gasteiger partial charge < -0.3 is 14.5 Å². The smallest absolute Gasteiger partial charge is 0.338 e. The Hall–Kier alpha value is -3.75. The van der Waals surface area contributed by atoms with Crippen LogP contribution in [0, 0.1) is 25.7 Å². The highest BCUT2D eigenvalue weighted by atomic mass is 35.5. The van der Waals surface area contributed by atoms with Crippen molar-refractivity contribution in [2.75, 3.05) is 7.11 Å². The van der Waals surface area contributed by atoms with Crippen LogP contribution in [0.1, 0.15) is 32.6 Å². The molecule has 0 spiro atoms. The Morgan fingerprint density at radius 2 is 1.90 bits per heavy atom. The number of nitrogens with one attached hydrogen (secondary N) is 1. The summed E-state index contributed by atoms with van der Waals surface area (Å²) in [6.07, 6.45) is 0. The molecular formula is C25H19ClN2O3. The molecule has 5 nitrogen and oxygen atoms in total. The van der Waals surface area contributed by atoms with Crippen LogP contribution in [-0.4, -0.2) is 23.0 Å². The lowest BCUT2D eigenvalue weighted by molar-refractivity contribution is 0.0599. The van der Waals surface area contributed by atoms with Gasteiger partial charge in [0.25, 0.3) is 6.01 Å². The number of hydrogen-bond acceptors (Lipinski definition) is 4. The van der Waals surface area contributed by atoms with Crippen molar-refractivity contribution in [1.82, 2.24) is 9.97 Å². The third-order valence-corrected chi connectivity index (χ3v) is 5.05. The van der Waals surface area contributed by atoms with E-state index in [0.29, 0.717) is 27.4 Å². The fourth-order valence-electron chi connectivity index (χ4n) is 3.12. The van der Waals surface area contributed by atoms with Gasteiger partial charge >= 0.3 is 5.97 Å². The summed E-state index contributed by atoms with van der Waals surface area (Å²) in [7, 11) is 1.34. The number of carbonyl (C=O) groups excluding carboxylic acids is 1. The van der Waals surface area contributed by atoms with Crippen molar-refractivity contribution in [3.63, 3.8) is 0 Å². The normalized spacial score (nSPS) is 10.5. The molecule has 154 valence electrons. The Morgan fingerprint density at radius 3 is 2.68 bits per heavy atom. The van der Waals surface area contributed by atoms with Gasteiger partial charge in [0.1, 0.15) is 5.75 Å². The largest absolute Gasteiger partial charge is 0.465 e. The van der Waals surface area contributed by atoms with Crippen LogP contribution in [0.2, 0.25) is 5.02 Å². The minimum atomic E-state index is -0.420. The number of H-pyrrole nitrogens is 1. The van der Waals surface area contributed by atoms with E-state index in [0.717, 1.165) is 22.2 Å². The molecule has 1 N–H and O–H groups in total. The van der Waals surface area contributed by atoms with E-state index in [1.165, 1.54) is 7.11 Å². The van der Waals surface area contributed by atoms with E-state index in [-0.39, 0.29) is 6.01 Å². The molecule has 0 saturated heterocycles. The molecule has 0 aliphatic carbocycles.